The maximum absolute atomic E-state index is 12.2. The highest BCUT2D eigenvalue weighted by Crippen LogP contribution is 2.32. The molecular weight excluding hydrogens is 409 g/mol. The van der Waals surface area contributed by atoms with E-state index in [-0.39, 0.29) is 16.6 Å². The Hall–Kier alpha value is -1.99. The summed E-state index contributed by atoms with van der Waals surface area (Å²) in [6.07, 6.45) is 0. The fraction of sp³-hybridized carbons (Fsp3) is 0.0556. The maximum Gasteiger partial charge on any atom is 0.276 e. The smallest absolute Gasteiger partial charge is 0.276 e. The molecule has 1 N–H and O–H groups in total. The van der Waals surface area contributed by atoms with Crippen molar-refractivity contribution in [1.29, 1.82) is 0 Å². The van der Waals surface area contributed by atoms with Gasteiger partial charge in [-0.05, 0) is 60.4 Å². The van der Waals surface area contributed by atoms with E-state index in [4.69, 9.17) is 23.2 Å². The molecule has 2 aromatic heterocycles. The van der Waals surface area contributed by atoms with Gasteiger partial charge in [0.05, 0.1) is 10.2 Å². The highest BCUT2D eigenvalue weighted by Gasteiger charge is 2.17. The third-order valence-corrected chi connectivity index (χ3v) is 6.42. The largest absolute Gasteiger partial charge is 0.321 e. The van der Waals surface area contributed by atoms with Gasteiger partial charge in [-0.25, -0.2) is 4.98 Å². The van der Waals surface area contributed by atoms with Gasteiger partial charge in [-0.3, -0.25) is 4.79 Å². The van der Waals surface area contributed by atoms with Crippen molar-refractivity contribution in [3.8, 4) is 10.6 Å². The van der Waals surface area contributed by atoms with Crippen molar-refractivity contribution in [3.63, 3.8) is 0 Å². The third kappa shape index (κ3) is 3.33. The van der Waals surface area contributed by atoms with Gasteiger partial charge in [0.15, 0.2) is 5.69 Å². The van der Waals surface area contributed by atoms with Crippen molar-refractivity contribution in [2.45, 2.75) is 6.92 Å². The van der Waals surface area contributed by atoms with Crippen molar-refractivity contribution in [2.24, 2.45) is 0 Å². The van der Waals surface area contributed by atoms with Crippen LogP contribution in [0.25, 0.3) is 20.8 Å². The molecule has 0 fully saturated rings. The number of amides is 1. The summed E-state index contributed by atoms with van der Waals surface area (Å²) < 4.78 is 5.43. The molecular formula is C18H11Cl2N3OS2. The topological polar surface area (TPSA) is 54.9 Å². The lowest BCUT2D eigenvalue weighted by molar-refractivity contribution is 0.102. The minimum Gasteiger partial charge on any atom is -0.321 e. The predicted octanol–water partition coefficient (Wildman–Crippen LogP) is 6.29. The zero-order valence-electron chi connectivity index (χ0n) is 13.4. The number of nitrogens with one attached hydrogen (secondary N) is 1. The van der Waals surface area contributed by atoms with Gasteiger partial charge < -0.3 is 5.32 Å². The van der Waals surface area contributed by atoms with E-state index in [1.165, 1.54) is 5.56 Å². The molecule has 4 rings (SSSR count). The van der Waals surface area contributed by atoms with Gasteiger partial charge in [-0.2, -0.15) is 4.37 Å². The average molecular weight is 420 g/mol. The van der Waals surface area contributed by atoms with Gasteiger partial charge >= 0.3 is 0 Å². The molecule has 8 heteroatoms. The molecule has 0 spiro atoms. The van der Waals surface area contributed by atoms with Crippen molar-refractivity contribution in [2.75, 3.05) is 5.32 Å². The van der Waals surface area contributed by atoms with E-state index in [9.17, 15) is 4.79 Å². The number of hydrogen-bond donors (Lipinski definition) is 1. The van der Waals surface area contributed by atoms with Gasteiger partial charge in [0.25, 0.3) is 5.91 Å². The Morgan fingerprint density at radius 3 is 2.58 bits per heavy atom. The van der Waals surface area contributed by atoms with E-state index in [2.05, 4.69) is 33.7 Å². The van der Waals surface area contributed by atoms with Crippen LogP contribution in [0.15, 0.2) is 42.5 Å². The number of carbonyl (C=O) groups excluding carboxylic acids is 1. The van der Waals surface area contributed by atoms with Crippen LogP contribution in [0.3, 0.4) is 0 Å². The standard InChI is InChI=1S/C18H11Cl2N3OS2/c1-9-2-7-12-13(8-9)25-18(22-12)10-3-5-11(6-4-10)21-17(24)15-14(19)16(20)26-23-15/h2-8H,1H3,(H,21,24). The molecule has 26 heavy (non-hydrogen) atoms. The fourth-order valence-corrected chi connectivity index (χ4v) is 4.51. The molecule has 130 valence electrons. The normalized spacial score (nSPS) is 11.0. The first kappa shape index (κ1) is 17.4. The minimum absolute atomic E-state index is 0.132. The molecule has 1 amide bonds. The quantitative estimate of drug-likeness (QED) is 0.424. The monoisotopic (exact) mass is 419 g/mol. The SMILES string of the molecule is Cc1ccc2nc(-c3ccc(NC(=O)c4nsc(Cl)c4Cl)cc3)sc2c1. The summed E-state index contributed by atoms with van der Waals surface area (Å²) in [5.41, 5.74) is 3.98. The van der Waals surface area contributed by atoms with Crippen molar-refractivity contribution >= 4 is 67.9 Å². The summed E-state index contributed by atoms with van der Waals surface area (Å²) in [7, 11) is 0. The van der Waals surface area contributed by atoms with Gasteiger partial charge in [0.2, 0.25) is 0 Å². The second kappa shape index (κ2) is 6.96. The van der Waals surface area contributed by atoms with E-state index >= 15 is 0 Å². The molecule has 0 saturated carbocycles. The van der Waals surface area contributed by atoms with Crippen LogP contribution in [-0.4, -0.2) is 15.3 Å². The van der Waals surface area contributed by atoms with Crippen LogP contribution in [-0.2, 0) is 0 Å². The minimum atomic E-state index is -0.388. The van der Waals surface area contributed by atoms with Crippen LogP contribution in [0.1, 0.15) is 16.1 Å². The summed E-state index contributed by atoms with van der Waals surface area (Å²) in [4.78, 5) is 16.9. The molecule has 0 unspecified atom stereocenters. The maximum atomic E-state index is 12.2. The molecule has 0 saturated heterocycles. The number of fused-ring (bicyclic) bond motifs is 1. The number of aromatic nitrogens is 2. The number of thiazole rings is 1. The Kier molecular flexibility index (Phi) is 4.67. The lowest BCUT2D eigenvalue weighted by Crippen LogP contribution is -2.12. The number of nitrogens with zero attached hydrogens (tertiary/aromatic N) is 2. The number of anilines is 1. The molecule has 0 atom stereocenters. The summed E-state index contributed by atoms with van der Waals surface area (Å²) in [5.74, 6) is -0.388. The van der Waals surface area contributed by atoms with Crippen molar-refractivity contribution in [3.05, 3.63) is 63.1 Å². The van der Waals surface area contributed by atoms with E-state index in [1.54, 1.807) is 11.3 Å². The van der Waals surface area contributed by atoms with Gasteiger partial charge in [0.1, 0.15) is 14.4 Å². The van der Waals surface area contributed by atoms with Crippen molar-refractivity contribution in [1.82, 2.24) is 9.36 Å². The average Bonchev–Trinajstić information content (AvgIpc) is 3.19. The van der Waals surface area contributed by atoms with E-state index in [1.807, 2.05) is 30.3 Å². The first-order valence-electron chi connectivity index (χ1n) is 7.61. The van der Waals surface area contributed by atoms with Crippen LogP contribution in [0.5, 0.6) is 0 Å². The number of rotatable bonds is 3. The van der Waals surface area contributed by atoms with Gasteiger partial charge in [-0.1, -0.05) is 29.3 Å². The fourth-order valence-electron chi connectivity index (χ4n) is 2.44. The predicted molar refractivity (Wildman–Crippen MR) is 110 cm³/mol. The second-order valence-electron chi connectivity index (χ2n) is 5.64. The molecule has 2 heterocycles. The summed E-state index contributed by atoms with van der Waals surface area (Å²) in [6, 6.07) is 13.7. The lowest BCUT2D eigenvalue weighted by atomic mass is 10.2. The Morgan fingerprint density at radius 2 is 1.88 bits per heavy atom. The highest BCUT2D eigenvalue weighted by atomic mass is 35.5. The molecule has 0 aliphatic rings. The number of aryl methyl sites for hydroxylation is 1. The molecule has 0 bridgehead atoms. The third-order valence-electron chi connectivity index (χ3n) is 3.75. The van der Waals surface area contributed by atoms with Crippen LogP contribution in [0.4, 0.5) is 5.69 Å². The van der Waals surface area contributed by atoms with Crippen LogP contribution >= 0.6 is 46.1 Å². The zero-order chi connectivity index (χ0) is 18.3. The molecule has 4 nitrogen and oxygen atoms in total. The van der Waals surface area contributed by atoms with Crippen LogP contribution in [0, 0.1) is 6.92 Å². The second-order valence-corrected chi connectivity index (χ2v) is 8.42. The number of halogens is 2. The van der Waals surface area contributed by atoms with Crippen LogP contribution in [0.2, 0.25) is 9.36 Å². The molecule has 0 aliphatic carbocycles. The number of carbonyl (C=O) groups is 1. The van der Waals surface area contributed by atoms with Gasteiger partial charge in [-0.15, -0.1) is 11.3 Å². The first-order valence-corrected chi connectivity index (χ1v) is 9.95. The molecule has 0 aliphatic heterocycles. The molecule has 4 aromatic rings. The Balaban J connectivity index is 1.56. The molecule has 2 aromatic carbocycles. The molecule has 0 radical (unpaired) electrons. The Bertz CT molecular complexity index is 1120. The lowest BCUT2D eigenvalue weighted by Gasteiger charge is -2.04. The number of benzene rings is 2. The van der Waals surface area contributed by atoms with E-state index in [0.29, 0.717) is 10.0 Å². The summed E-state index contributed by atoms with van der Waals surface area (Å²) in [6.45, 7) is 2.07. The van der Waals surface area contributed by atoms with Crippen molar-refractivity contribution < 1.29 is 4.79 Å². The van der Waals surface area contributed by atoms with Crippen LogP contribution < -0.4 is 5.32 Å². The number of hydrogen-bond acceptors (Lipinski definition) is 5. The Labute approximate surface area is 167 Å². The van der Waals surface area contributed by atoms with E-state index in [0.717, 1.165) is 32.3 Å². The zero-order valence-corrected chi connectivity index (χ0v) is 16.6. The van der Waals surface area contributed by atoms with Gasteiger partial charge in [0, 0.05) is 11.3 Å². The van der Waals surface area contributed by atoms with E-state index < -0.39 is 0 Å². The summed E-state index contributed by atoms with van der Waals surface area (Å²) >= 11 is 14.5. The first-order chi connectivity index (χ1) is 12.5. The Morgan fingerprint density at radius 1 is 1.12 bits per heavy atom. The summed E-state index contributed by atoms with van der Waals surface area (Å²) in [5, 5.41) is 3.89. The highest BCUT2D eigenvalue weighted by molar-refractivity contribution is 7.21.